The van der Waals surface area contributed by atoms with Gasteiger partial charge in [-0.2, -0.15) is 10.2 Å². The molecule has 9 rings (SSSR count). The molecular formula is C49H50BrF2N11O10. The Morgan fingerprint density at radius 2 is 1.18 bits per heavy atom. The molecule has 4 amide bonds. The number of methoxy groups -OCH3 is 3. The summed E-state index contributed by atoms with van der Waals surface area (Å²) in [4.78, 5) is 64.9. The molecule has 2 atom stereocenters. The van der Waals surface area contributed by atoms with Crippen molar-refractivity contribution in [1.82, 2.24) is 45.6 Å². The van der Waals surface area contributed by atoms with Crippen LogP contribution in [0.2, 0.25) is 0 Å². The number of likely N-dealkylation sites (N-methyl/N-ethyl adjacent to an activating group) is 2. The molecule has 4 N–H and O–H groups in total. The predicted octanol–water partition coefficient (Wildman–Crippen LogP) is 4.90. The molecular weight excluding hydrogens is 1020 g/mol. The number of amides is 4. The van der Waals surface area contributed by atoms with Gasteiger partial charge in [0.05, 0.1) is 75.3 Å². The molecule has 2 aliphatic heterocycles. The lowest BCUT2D eigenvalue weighted by atomic mass is 10.2. The third kappa shape index (κ3) is 14.3. The number of hydrogen-bond acceptors (Lipinski definition) is 15. The number of benzene rings is 2. The summed E-state index contributed by atoms with van der Waals surface area (Å²) < 4.78 is 55.1. The topological polar surface area (TPSA) is 250 Å². The van der Waals surface area contributed by atoms with E-state index in [2.05, 4.69) is 56.8 Å². The number of anilines is 2. The first kappa shape index (κ1) is 53.8. The SMILES string of the molecule is CN1C(=O)[C@@H](NC(=O)c2[nH]ncc2F)COc2ccccc21.COc1cccc(CBr)n1.COc1cccc(CO)n1.COc1cccc(Cn2cc(F)c(C(=O)N[C@H]3COc4ccccc4N(C)C3=O)n2)n1. The number of nitrogens with one attached hydrogen (secondary N) is 3. The minimum atomic E-state index is -0.991. The Hall–Kier alpha value is -8.51. The van der Waals surface area contributed by atoms with Crippen LogP contribution in [0.5, 0.6) is 29.1 Å². The average molecular weight is 1070 g/mol. The first-order valence-corrected chi connectivity index (χ1v) is 23.1. The molecule has 0 saturated heterocycles. The number of halogens is 3. The highest BCUT2D eigenvalue weighted by atomic mass is 79.9. The number of pyridine rings is 3. The summed E-state index contributed by atoms with van der Waals surface area (Å²) >= 11 is 3.30. The summed E-state index contributed by atoms with van der Waals surface area (Å²) in [6.45, 7) is -0.0220. The van der Waals surface area contributed by atoms with Crippen LogP contribution in [0.1, 0.15) is 38.1 Å². The number of carbonyl (C=O) groups is 4. The largest absolute Gasteiger partial charge is 0.489 e. The van der Waals surface area contributed by atoms with Gasteiger partial charge in [0.2, 0.25) is 17.6 Å². The number of alkyl halides is 1. The van der Waals surface area contributed by atoms with Crippen LogP contribution < -0.4 is 44.1 Å². The van der Waals surface area contributed by atoms with Crippen molar-refractivity contribution in [3.63, 3.8) is 0 Å². The van der Waals surface area contributed by atoms with E-state index >= 15 is 0 Å². The maximum absolute atomic E-state index is 14.4. The van der Waals surface area contributed by atoms with Crippen LogP contribution >= 0.6 is 15.9 Å². The molecule has 0 bridgehead atoms. The van der Waals surface area contributed by atoms with Crippen molar-refractivity contribution in [1.29, 1.82) is 0 Å². The van der Waals surface area contributed by atoms with Gasteiger partial charge in [0.1, 0.15) is 36.8 Å². The number of aromatic amines is 1. The van der Waals surface area contributed by atoms with E-state index < -0.39 is 41.2 Å². The summed E-state index contributed by atoms with van der Waals surface area (Å²) in [6.07, 6.45) is 1.99. The molecule has 24 heteroatoms. The fourth-order valence-electron chi connectivity index (χ4n) is 6.76. The smallest absolute Gasteiger partial charge is 0.275 e. The molecule has 0 aliphatic carbocycles. The Morgan fingerprint density at radius 3 is 1.67 bits per heavy atom. The van der Waals surface area contributed by atoms with E-state index in [9.17, 15) is 28.0 Å². The third-order valence-electron chi connectivity index (χ3n) is 10.5. The number of nitrogens with zero attached hydrogens (tertiary/aromatic N) is 8. The number of para-hydroxylation sites is 4. The van der Waals surface area contributed by atoms with E-state index in [-0.39, 0.29) is 43.9 Å². The minimum Gasteiger partial charge on any atom is -0.489 e. The second kappa shape index (κ2) is 26.1. The van der Waals surface area contributed by atoms with Crippen LogP contribution in [-0.2, 0) is 28.1 Å². The zero-order valence-electron chi connectivity index (χ0n) is 40.0. The van der Waals surface area contributed by atoms with E-state index in [1.54, 1.807) is 113 Å². The molecule has 0 saturated carbocycles. The van der Waals surface area contributed by atoms with Crippen LogP contribution in [0.15, 0.2) is 116 Å². The lowest BCUT2D eigenvalue weighted by molar-refractivity contribution is -0.121. The summed E-state index contributed by atoms with van der Waals surface area (Å²) in [6, 6.07) is 28.3. The zero-order valence-corrected chi connectivity index (χ0v) is 41.6. The number of carbonyl (C=O) groups excluding carboxylic acids is 4. The van der Waals surface area contributed by atoms with Gasteiger partial charge in [0.25, 0.3) is 23.6 Å². The molecule has 0 radical (unpaired) electrons. The fourth-order valence-corrected chi connectivity index (χ4v) is 7.08. The van der Waals surface area contributed by atoms with Gasteiger partial charge in [-0.1, -0.05) is 58.4 Å². The second-order valence-electron chi connectivity index (χ2n) is 15.3. The number of hydrogen-bond donors (Lipinski definition) is 4. The predicted molar refractivity (Wildman–Crippen MR) is 264 cm³/mol. The molecule has 5 aromatic heterocycles. The average Bonchev–Trinajstić information content (AvgIpc) is 3.98. The van der Waals surface area contributed by atoms with Crippen molar-refractivity contribution in [2.24, 2.45) is 0 Å². The maximum Gasteiger partial charge on any atom is 0.275 e. The minimum absolute atomic E-state index is 0.0400. The van der Waals surface area contributed by atoms with Gasteiger partial charge in [0.15, 0.2) is 23.0 Å². The van der Waals surface area contributed by atoms with Crippen molar-refractivity contribution < 1.29 is 56.7 Å². The van der Waals surface area contributed by atoms with Crippen molar-refractivity contribution >= 4 is 50.9 Å². The van der Waals surface area contributed by atoms with Crippen LogP contribution in [0.4, 0.5) is 20.2 Å². The highest BCUT2D eigenvalue weighted by Gasteiger charge is 2.33. The van der Waals surface area contributed by atoms with Crippen LogP contribution in [0.25, 0.3) is 0 Å². The highest BCUT2D eigenvalue weighted by molar-refractivity contribution is 9.08. The number of H-pyrrole nitrogens is 1. The van der Waals surface area contributed by atoms with Crippen molar-refractivity contribution in [3.05, 3.63) is 156 Å². The third-order valence-corrected chi connectivity index (χ3v) is 11.1. The summed E-state index contributed by atoms with van der Waals surface area (Å²) in [5.74, 6) is -1.19. The number of rotatable bonds is 11. The molecule has 0 fully saturated rings. The van der Waals surface area contributed by atoms with Gasteiger partial charge in [-0.05, 0) is 42.5 Å². The molecule has 382 valence electrons. The van der Waals surface area contributed by atoms with E-state index in [0.717, 1.165) is 23.4 Å². The Morgan fingerprint density at radius 1 is 0.699 bits per heavy atom. The standard InChI is InChI=1S/C21H20FN5O4.C14H13FN4O3.C7H8BrNO.C7H9NO2/c1-26-16-7-3-4-8-17(16)31-12-15(21(26)29)24-20(28)19-14(22)11-27(25-19)10-13-6-5-9-18(23-13)30-2;1-19-10-4-2-3-5-11(10)22-7-9(14(19)21)17-13(20)12-8(15)6-16-18-12;1-10-7-4-2-3-6(5-8)9-7;1-10-7-4-2-3-6(5-9)8-7/h3-9,11,15H,10,12H2,1-2H3,(H,24,28);2-6,9H,7H2,1H3,(H,16,18)(H,17,20);2-4H,5H2,1H3;2-4,9H,5H2,1H3/t15-;9-;;/m00../s1. The van der Waals surface area contributed by atoms with Gasteiger partial charge in [0, 0.05) is 37.6 Å². The van der Waals surface area contributed by atoms with E-state index in [4.69, 9.17) is 28.8 Å². The molecule has 7 heterocycles. The Kier molecular flexibility index (Phi) is 19.2. The maximum atomic E-state index is 14.4. The van der Waals surface area contributed by atoms with Crippen LogP contribution in [-0.4, -0.2) is 124 Å². The highest BCUT2D eigenvalue weighted by Crippen LogP contribution is 2.31. The van der Waals surface area contributed by atoms with E-state index in [1.165, 1.54) is 21.6 Å². The number of fused-ring (bicyclic) bond motifs is 2. The molecule has 7 aromatic rings. The van der Waals surface area contributed by atoms with Gasteiger partial charge in [-0.15, -0.1) is 0 Å². The van der Waals surface area contributed by atoms with Gasteiger partial charge in [-0.3, -0.25) is 29.0 Å². The number of aliphatic hydroxyl groups is 1. The Bertz CT molecular complexity index is 2910. The molecule has 0 unspecified atom stereocenters. The Labute approximate surface area is 425 Å². The monoisotopic (exact) mass is 1070 g/mol. The van der Waals surface area contributed by atoms with Crippen molar-refractivity contribution in [3.8, 4) is 29.1 Å². The summed E-state index contributed by atoms with van der Waals surface area (Å²) in [7, 11) is 7.83. The lowest BCUT2D eigenvalue weighted by Gasteiger charge is -2.20. The summed E-state index contributed by atoms with van der Waals surface area (Å²) in [5.41, 5.74) is 2.65. The molecule has 73 heavy (non-hydrogen) atoms. The lowest BCUT2D eigenvalue weighted by Crippen LogP contribution is -2.49. The first-order valence-electron chi connectivity index (χ1n) is 22.0. The van der Waals surface area contributed by atoms with Crippen molar-refractivity contribution in [2.45, 2.75) is 30.6 Å². The Balaban J connectivity index is 0.000000178. The molecule has 2 aliphatic rings. The van der Waals surface area contributed by atoms with Crippen LogP contribution in [0.3, 0.4) is 0 Å². The van der Waals surface area contributed by atoms with Gasteiger partial charge in [-0.25, -0.2) is 23.7 Å². The van der Waals surface area contributed by atoms with Gasteiger partial charge < -0.3 is 49.2 Å². The second-order valence-corrected chi connectivity index (χ2v) is 15.9. The number of ether oxygens (including phenoxy) is 5. The van der Waals surface area contributed by atoms with E-state index in [0.29, 0.717) is 51.9 Å². The van der Waals surface area contributed by atoms with Crippen molar-refractivity contribution in [2.75, 3.05) is 58.4 Å². The van der Waals surface area contributed by atoms with Crippen LogP contribution in [0, 0.1) is 11.6 Å². The molecule has 21 nitrogen and oxygen atoms in total. The fraction of sp³-hybridized carbons (Fsp3) is 0.245. The first-order chi connectivity index (χ1) is 35.3. The number of aliphatic hydroxyl groups excluding tert-OH is 1. The van der Waals surface area contributed by atoms with Gasteiger partial charge >= 0.3 is 0 Å². The zero-order chi connectivity index (χ0) is 52.4. The number of aromatic nitrogens is 7. The quantitative estimate of drug-likeness (QED) is 0.126. The summed E-state index contributed by atoms with van der Waals surface area (Å²) in [5, 5.41) is 24.1. The molecule has 2 aromatic carbocycles. The normalized spacial score (nSPS) is 14.5. The van der Waals surface area contributed by atoms with E-state index in [1.807, 2.05) is 18.2 Å². The molecule has 0 spiro atoms.